The number of rotatable bonds is 9. The number of hydrogen-bond acceptors (Lipinski definition) is 1. The van der Waals surface area contributed by atoms with Gasteiger partial charge in [0.05, 0.1) is 0 Å². The second-order valence-corrected chi connectivity index (χ2v) is 17.9. The van der Waals surface area contributed by atoms with Crippen LogP contribution in [0.3, 0.4) is 0 Å². The van der Waals surface area contributed by atoms with Crippen LogP contribution >= 0.6 is 8.96 Å². The quantitative estimate of drug-likeness (QED) is 0.389. The molecule has 0 aliphatic heterocycles. The number of Topliss-reactive ketones (excluding diaryl/α,β-unsaturated/α-hetero) is 1. The molecule has 0 radical (unpaired) electrons. The predicted octanol–water partition coefficient (Wildman–Crippen LogP) is 5.65. The Morgan fingerprint density at radius 2 is 1.58 bits per heavy atom. The van der Waals surface area contributed by atoms with E-state index in [4.69, 9.17) is 8.96 Å². The number of ketones is 1. The van der Waals surface area contributed by atoms with Gasteiger partial charge < -0.3 is 0 Å². The summed E-state index contributed by atoms with van der Waals surface area (Å²) in [7, 11) is 6.91. The first-order chi connectivity index (χ1) is 9.11. The van der Waals surface area contributed by atoms with E-state index in [1.165, 1.54) is 25.7 Å². The summed E-state index contributed by atoms with van der Waals surface area (Å²) >= 11 is -2.49. The summed E-state index contributed by atoms with van der Waals surface area (Å²) in [5.41, 5.74) is 0.826. The fraction of sp³-hybridized carbons (Fsp3) is 0.562. The monoisotopic (exact) mass is 398 g/mol. The second-order valence-electron chi connectivity index (χ2n) is 4.99. The maximum absolute atomic E-state index is 12.3. The van der Waals surface area contributed by atoms with E-state index < -0.39 is 17.1 Å². The third-order valence-electron chi connectivity index (χ3n) is 3.21. The first kappa shape index (κ1) is 17.0. The molecule has 0 saturated heterocycles. The second kappa shape index (κ2) is 9.01. The summed E-state index contributed by atoms with van der Waals surface area (Å²) in [6.45, 7) is 4.39. The summed E-state index contributed by atoms with van der Waals surface area (Å²) in [4.78, 5) is 12.3. The number of carbonyl (C=O) groups is 1. The van der Waals surface area contributed by atoms with E-state index in [1.54, 1.807) is 0 Å². The van der Waals surface area contributed by atoms with Crippen LogP contribution in [-0.2, 0) is 0 Å². The van der Waals surface area contributed by atoms with E-state index in [9.17, 15) is 4.79 Å². The minimum absolute atomic E-state index is 0.254. The van der Waals surface area contributed by atoms with Crippen molar-refractivity contribution in [2.75, 3.05) is 0 Å². The SMILES string of the molecule is CCCC[Te](Cl)(CCCC)CC(=O)c1ccccc1. The third-order valence-corrected chi connectivity index (χ3v) is 14.1. The van der Waals surface area contributed by atoms with Crippen molar-refractivity contribution in [3.8, 4) is 0 Å². The van der Waals surface area contributed by atoms with Gasteiger partial charge in [0.2, 0.25) is 0 Å². The van der Waals surface area contributed by atoms with E-state index >= 15 is 0 Å². The summed E-state index contributed by atoms with van der Waals surface area (Å²) in [5, 5.41) is 0. The maximum atomic E-state index is 12.3. The zero-order valence-electron chi connectivity index (χ0n) is 12.0. The Hall–Kier alpha value is -0.0304. The Morgan fingerprint density at radius 1 is 1.05 bits per heavy atom. The normalized spacial score (nSPS) is 12.4. The van der Waals surface area contributed by atoms with Crippen molar-refractivity contribution < 1.29 is 4.79 Å². The van der Waals surface area contributed by atoms with Gasteiger partial charge in [-0.05, 0) is 0 Å². The molecule has 0 aromatic heterocycles. The number of halogens is 1. The van der Waals surface area contributed by atoms with Crippen molar-refractivity contribution in [1.29, 1.82) is 0 Å². The van der Waals surface area contributed by atoms with Crippen LogP contribution in [0.25, 0.3) is 0 Å². The molecular weight excluding hydrogens is 371 g/mol. The standard InChI is InChI=1S/C16H25ClOTe/c1-3-5-12-19(17,13-6-4-2)14-16(18)15-10-8-7-9-11-15/h7-11H,3-6,12-14H2,1-2H3. The van der Waals surface area contributed by atoms with Crippen LogP contribution < -0.4 is 0 Å². The van der Waals surface area contributed by atoms with Crippen molar-refractivity contribution >= 4 is 31.8 Å². The Kier molecular flexibility index (Phi) is 8.07. The molecule has 1 aromatic rings. The van der Waals surface area contributed by atoms with Crippen LogP contribution in [0.5, 0.6) is 0 Å². The van der Waals surface area contributed by atoms with Crippen molar-refractivity contribution in [2.45, 2.75) is 52.9 Å². The molecule has 0 atom stereocenters. The van der Waals surface area contributed by atoms with Crippen LogP contribution in [0.2, 0.25) is 13.4 Å². The van der Waals surface area contributed by atoms with Crippen LogP contribution in [-0.4, -0.2) is 22.8 Å². The van der Waals surface area contributed by atoms with Gasteiger partial charge in [0.25, 0.3) is 0 Å². The number of benzene rings is 1. The van der Waals surface area contributed by atoms with Gasteiger partial charge in [0, 0.05) is 0 Å². The fourth-order valence-corrected chi connectivity index (χ4v) is 11.9. The van der Waals surface area contributed by atoms with Gasteiger partial charge in [0.15, 0.2) is 0 Å². The molecule has 0 spiro atoms. The fourth-order valence-electron chi connectivity index (χ4n) is 1.99. The van der Waals surface area contributed by atoms with Crippen molar-refractivity contribution in [1.82, 2.24) is 0 Å². The Labute approximate surface area is 125 Å². The molecule has 0 unspecified atom stereocenters. The van der Waals surface area contributed by atoms with Crippen molar-refractivity contribution in [2.24, 2.45) is 0 Å². The molecule has 0 fully saturated rings. The van der Waals surface area contributed by atoms with Crippen molar-refractivity contribution in [3.63, 3.8) is 0 Å². The summed E-state index contributed by atoms with van der Waals surface area (Å²) in [6.07, 6.45) is 4.70. The first-order valence-corrected chi connectivity index (χ1v) is 15.0. The number of carbonyl (C=O) groups excluding carboxylic acids is 1. The molecule has 0 aliphatic rings. The zero-order chi connectivity index (χ0) is 14.1. The van der Waals surface area contributed by atoms with E-state index in [-0.39, 0.29) is 5.78 Å². The van der Waals surface area contributed by atoms with E-state index in [0.29, 0.717) is 4.47 Å². The Balaban J connectivity index is 2.68. The van der Waals surface area contributed by atoms with Gasteiger partial charge in [-0.1, -0.05) is 0 Å². The Bertz CT molecular complexity index is 370. The molecule has 0 saturated carbocycles. The van der Waals surface area contributed by atoms with Crippen LogP contribution in [0.1, 0.15) is 49.9 Å². The van der Waals surface area contributed by atoms with Crippen LogP contribution in [0.4, 0.5) is 0 Å². The average molecular weight is 396 g/mol. The molecule has 1 aromatic carbocycles. The van der Waals surface area contributed by atoms with Gasteiger partial charge >= 0.3 is 125 Å². The molecule has 0 amide bonds. The zero-order valence-corrected chi connectivity index (χ0v) is 15.1. The number of hydrogen-bond donors (Lipinski definition) is 0. The summed E-state index contributed by atoms with van der Waals surface area (Å²) in [5.74, 6) is 0.254. The Morgan fingerprint density at radius 3 is 2.05 bits per heavy atom. The van der Waals surface area contributed by atoms with Gasteiger partial charge in [-0.3, -0.25) is 0 Å². The molecule has 19 heavy (non-hydrogen) atoms. The molecule has 1 rings (SSSR count). The van der Waals surface area contributed by atoms with Crippen molar-refractivity contribution in [3.05, 3.63) is 35.9 Å². The van der Waals surface area contributed by atoms with Gasteiger partial charge in [-0.2, -0.15) is 0 Å². The van der Waals surface area contributed by atoms with Crippen LogP contribution in [0.15, 0.2) is 30.3 Å². The molecule has 108 valence electrons. The average Bonchev–Trinajstić information content (AvgIpc) is 2.44. The molecule has 0 aliphatic carbocycles. The van der Waals surface area contributed by atoms with Gasteiger partial charge in [0.1, 0.15) is 0 Å². The molecule has 0 N–H and O–H groups in total. The first-order valence-electron chi connectivity index (χ1n) is 7.15. The minimum atomic E-state index is -2.49. The summed E-state index contributed by atoms with van der Waals surface area (Å²) in [6, 6.07) is 9.60. The topological polar surface area (TPSA) is 17.1 Å². The van der Waals surface area contributed by atoms with E-state index in [1.807, 2.05) is 30.3 Å². The molecular formula is C16H25ClOTe. The molecule has 0 bridgehead atoms. The predicted molar refractivity (Wildman–Crippen MR) is 86.6 cm³/mol. The van der Waals surface area contributed by atoms with E-state index in [0.717, 1.165) is 14.5 Å². The number of unbranched alkanes of at least 4 members (excludes halogenated alkanes) is 2. The van der Waals surface area contributed by atoms with Gasteiger partial charge in [-0.15, -0.1) is 0 Å². The van der Waals surface area contributed by atoms with Gasteiger partial charge in [-0.25, -0.2) is 0 Å². The molecule has 0 heterocycles. The summed E-state index contributed by atoms with van der Waals surface area (Å²) < 4.78 is 2.90. The molecule has 3 heteroatoms. The molecule has 1 nitrogen and oxygen atoms in total. The third kappa shape index (κ3) is 6.30. The van der Waals surface area contributed by atoms with E-state index in [2.05, 4.69) is 13.8 Å². The van der Waals surface area contributed by atoms with Crippen LogP contribution in [0, 0.1) is 0 Å².